The number of halogens is 3. The van der Waals surface area contributed by atoms with Gasteiger partial charge in [0.15, 0.2) is 11.6 Å². The van der Waals surface area contributed by atoms with Crippen molar-refractivity contribution in [2.24, 2.45) is 27.2 Å². The number of ether oxygens (including phenoxy) is 5. The highest BCUT2D eigenvalue weighted by atomic mass is 79.9. The molecule has 17 nitrogen and oxygen atoms in total. The largest absolute Gasteiger partial charge is 0.495 e. The van der Waals surface area contributed by atoms with Gasteiger partial charge in [0.05, 0.1) is 44.2 Å². The minimum atomic E-state index is -3.06. The highest BCUT2D eigenvalue weighted by molar-refractivity contribution is 9.10. The second kappa shape index (κ2) is 26.9. The molecular formula is C59H108BrF2N9O8S2. The Morgan fingerprint density at radius 1 is 0.704 bits per heavy atom. The maximum absolute atomic E-state index is 15.3. The van der Waals surface area contributed by atoms with Gasteiger partial charge in [0.1, 0.15) is 41.4 Å². The van der Waals surface area contributed by atoms with Crippen LogP contribution in [0.4, 0.5) is 19.4 Å². The number of aromatic nitrogens is 2. The van der Waals surface area contributed by atoms with Crippen LogP contribution in [0.15, 0.2) is 87.5 Å². The first kappa shape index (κ1) is 78.4. The van der Waals surface area contributed by atoms with Crippen molar-refractivity contribution in [3.05, 3.63) is 112 Å². The molecule has 2 atom stereocenters. The Balaban J connectivity index is -0.00000121. The maximum Gasteiger partial charge on any atom is 0.417 e. The van der Waals surface area contributed by atoms with Gasteiger partial charge in [0.2, 0.25) is 0 Å². The molecule has 0 aliphatic carbocycles. The predicted molar refractivity (Wildman–Crippen MR) is 351 cm³/mol. The zero-order valence-electron chi connectivity index (χ0n) is 52.1. The van der Waals surface area contributed by atoms with Crippen LogP contribution in [0.3, 0.4) is 0 Å². The van der Waals surface area contributed by atoms with Crippen LogP contribution < -0.4 is 32.4 Å². The number of nitrogens with two attached hydrogens (primary N) is 4. The zero-order valence-corrected chi connectivity index (χ0v) is 55.3. The second-order valence-electron chi connectivity index (χ2n) is 26.7. The molecule has 2 aliphatic heterocycles. The number of pyridine rings is 2. The van der Waals surface area contributed by atoms with E-state index in [1.807, 2.05) is 52.8 Å². The Kier molecular flexibility index (Phi) is 26.1. The van der Waals surface area contributed by atoms with Crippen molar-refractivity contribution >= 4 is 56.1 Å². The van der Waals surface area contributed by atoms with E-state index in [0.29, 0.717) is 59.8 Å². The Hall–Kier alpha value is -4.65. The van der Waals surface area contributed by atoms with E-state index in [2.05, 4.69) is 115 Å². The number of benzene rings is 2. The number of nitrogen functional groups attached to an aromatic ring is 1. The fourth-order valence-corrected chi connectivity index (χ4v) is 18.3. The van der Waals surface area contributed by atoms with Crippen molar-refractivity contribution in [3.8, 4) is 11.5 Å². The highest BCUT2D eigenvalue weighted by Crippen LogP contribution is 2.90. The third kappa shape index (κ3) is 17.9. The number of hydrogen-bond donors (Lipinski definition) is 4. The molecule has 0 saturated carbocycles. The molecule has 2 aromatic carbocycles. The number of methoxy groups -OCH3 is 3. The van der Waals surface area contributed by atoms with E-state index in [-0.39, 0.29) is 42.9 Å². The van der Waals surface area contributed by atoms with Crippen LogP contribution >= 0.6 is 32.5 Å². The molecule has 81 heavy (non-hydrogen) atoms. The first-order valence-corrected chi connectivity index (χ1v) is 34.9. The minimum Gasteiger partial charge on any atom is -0.495 e. The highest BCUT2D eigenvalue weighted by Gasteiger charge is 2.66. The van der Waals surface area contributed by atoms with Crippen molar-refractivity contribution in [1.82, 2.24) is 14.9 Å². The van der Waals surface area contributed by atoms with Crippen LogP contribution in [0.1, 0.15) is 93.6 Å². The average Bonchev–Trinajstić information content (AvgIpc) is 3.31. The molecule has 22 heteroatoms. The van der Waals surface area contributed by atoms with Crippen LogP contribution in [0.25, 0.3) is 0 Å². The van der Waals surface area contributed by atoms with Crippen LogP contribution in [0, 0.1) is 11.6 Å². The van der Waals surface area contributed by atoms with Crippen molar-refractivity contribution in [1.29, 1.82) is 0 Å². The molecule has 2 aromatic heterocycles. The van der Waals surface area contributed by atoms with E-state index in [9.17, 15) is 4.79 Å². The van der Waals surface area contributed by atoms with Gasteiger partial charge in [-0.2, -0.15) is 0 Å². The summed E-state index contributed by atoms with van der Waals surface area (Å²) in [6.45, 7) is 18.7. The smallest absolute Gasteiger partial charge is 0.417 e. The fourth-order valence-electron chi connectivity index (χ4n) is 9.64. The summed E-state index contributed by atoms with van der Waals surface area (Å²) in [5.41, 5.74) is 21.5. The number of rotatable bonds is 11. The molecule has 0 spiro atoms. The molecule has 0 bridgehead atoms. The summed E-state index contributed by atoms with van der Waals surface area (Å²) in [6.07, 6.45) is 21.8. The number of hydrogen-bond acceptors (Lipinski definition) is 14. The molecule has 2 aliphatic rings. The van der Waals surface area contributed by atoms with E-state index in [4.69, 9.17) is 45.1 Å². The van der Waals surface area contributed by atoms with E-state index in [0.717, 1.165) is 27.2 Å². The molecule has 0 radical (unpaired) electrons. The van der Waals surface area contributed by atoms with Gasteiger partial charge in [0.25, 0.3) is 0 Å². The SMILES string of the molecule is C.CN.CN.COCCOCN(C(=O)OC(C)(C)C)C1=N[C@](C)(c2cc(Br)ccc2F)CS(C)(C)(C)(C)C1(C)C.COc1cccnc1Cc1ccc(F)c([C@]2(C)CS(C)(C)(C)(C)C(C)(C)C(N)=N2)c1.COc1cccnc1N.O.O.[HH]. The molecule has 12 N–H and O–H groups in total. The van der Waals surface area contributed by atoms with Crippen LogP contribution in [-0.4, -0.2) is 176 Å². The minimum absolute atomic E-state index is 0. The van der Waals surface area contributed by atoms with Gasteiger partial charge in [-0.1, -0.05) is 35.5 Å². The fraction of sp³-hybridized carbons (Fsp3) is 0.576. The lowest BCUT2D eigenvalue weighted by Crippen LogP contribution is -2.67. The number of aliphatic imine (C=N–C) groups is 2. The average molecular weight is 1250 g/mol. The third-order valence-corrected chi connectivity index (χ3v) is 29.9. The summed E-state index contributed by atoms with van der Waals surface area (Å²) in [5, 5.41) is 0. The van der Waals surface area contributed by atoms with Gasteiger partial charge in [-0.05, 0) is 192 Å². The van der Waals surface area contributed by atoms with Gasteiger partial charge in [0, 0.05) is 52.4 Å². The molecule has 4 aromatic rings. The topological polar surface area (TPSA) is 284 Å². The predicted octanol–water partition coefficient (Wildman–Crippen LogP) is 9.88. The standard InChI is InChI=1S/C26H44BrFN2O4S.C24H36FN3OS.C6H8N2O.2CH5N.CH4.2H2O.H2/c1-24(2,3)34-23(31)30(18-33-15-14-32-7)22-25(4,5)35(8,9,10,11)17-26(6,29-22)20-16-19(27)12-13-21(20)28;1-23(2)22(26)28-24(3,16-30(23,5,6,7)8)18-14-17(11-12-19(18)25)15-20-21(29-4)10-9-13-27-20;1-9-5-3-2-4-8-6(5)7;2*1-2;;;;/h12-13,16H,14-15,17-18H2,1-11H3;9-14H,15-16H2,1-8H3,(H2,26,28);2-4H,1H3,(H2,7,8);2*2H2,1H3;1H4;2*1H2;1H/t26-;24-;;;;;;;/m00......./s1. The van der Waals surface area contributed by atoms with Crippen molar-refractivity contribution in [2.75, 3.05) is 123 Å². The van der Waals surface area contributed by atoms with Gasteiger partial charge >= 0.3 is 6.09 Å². The number of amides is 1. The third-order valence-electron chi connectivity index (χ3n) is 15.6. The number of carbonyl (C=O) groups is 1. The molecule has 470 valence electrons. The zero-order chi connectivity index (χ0) is 60.5. The number of carbonyl (C=O) groups excluding carboxylic acids is 1. The lowest BCUT2D eigenvalue weighted by atomic mass is 9.91. The summed E-state index contributed by atoms with van der Waals surface area (Å²) in [5.74, 6) is 3.74. The molecule has 1 amide bonds. The van der Waals surface area contributed by atoms with Crippen LogP contribution in [0.5, 0.6) is 11.5 Å². The monoisotopic (exact) mass is 1250 g/mol. The second-order valence-corrected chi connectivity index (χ2v) is 48.5. The Morgan fingerprint density at radius 2 is 1.17 bits per heavy atom. The Bertz CT molecular complexity index is 2810. The van der Waals surface area contributed by atoms with Gasteiger partial charge < -0.3 is 57.6 Å². The number of amidine groups is 2. The molecule has 6 rings (SSSR count). The van der Waals surface area contributed by atoms with Gasteiger partial charge in [-0.3, -0.25) is 31.6 Å². The summed E-state index contributed by atoms with van der Waals surface area (Å²) < 4.78 is 57.4. The first-order valence-electron chi connectivity index (χ1n) is 25.6. The number of anilines is 1. The molecule has 0 saturated heterocycles. The first-order chi connectivity index (χ1) is 35.4. The van der Waals surface area contributed by atoms with Crippen LogP contribution in [-0.2, 0) is 31.7 Å². The summed E-state index contributed by atoms with van der Waals surface area (Å²) >= 11 is 3.49. The Morgan fingerprint density at radius 3 is 1.64 bits per heavy atom. The van der Waals surface area contributed by atoms with Crippen molar-refractivity contribution in [2.45, 2.75) is 102 Å². The van der Waals surface area contributed by atoms with Crippen molar-refractivity contribution < 1.29 is 49.6 Å². The number of nitrogens with zero attached hydrogens (tertiary/aromatic N) is 5. The summed E-state index contributed by atoms with van der Waals surface area (Å²) in [6, 6.07) is 17.5. The molecule has 0 fully saturated rings. The van der Waals surface area contributed by atoms with E-state index >= 15 is 8.78 Å². The van der Waals surface area contributed by atoms with Crippen LogP contribution in [0.2, 0.25) is 0 Å². The van der Waals surface area contributed by atoms with E-state index < -0.39 is 44.1 Å². The Labute approximate surface area is 493 Å². The summed E-state index contributed by atoms with van der Waals surface area (Å²) in [4.78, 5) is 33.4. The lowest BCUT2D eigenvalue weighted by Gasteiger charge is -2.81. The van der Waals surface area contributed by atoms with Gasteiger partial charge in [-0.15, -0.1) is 0 Å². The molecule has 4 heterocycles. The van der Waals surface area contributed by atoms with Gasteiger partial charge in [-0.25, -0.2) is 23.5 Å². The quantitative estimate of drug-likeness (QED) is 0.0806. The lowest BCUT2D eigenvalue weighted by molar-refractivity contribution is -0.00309. The van der Waals surface area contributed by atoms with E-state index in [1.165, 1.54) is 31.1 Å². The normalized spacial score (nSPS) is 23.0. The maximum atomic E-state index is 15.3. The van der Waals surface area contributed by atoms with Crippen molar-refractivity contribution in [3.63, 3.8) is 0 Å². The molecular weight excluding hydrogens is 1140 g/mol. The van der Waals surface area contributed by atoms with E-state index in [1.54, 1.807) is 64.1 Å². The summed E-state index contributed by atoms with van der Waals surface area (Å²) in [7, 11) is 2.00. The molecule has 0 unspecified atom stereocenters.